The van der Waals surface area contributed by atoms with Crippen LogP contribution in [0, 0.1) is 6.92 Å². The third kappa shape index (κ3) is 5.36. The van der Waals surface area contributed by atoms with Crippen molar-refractivity contribution >= 4 is 50.1 Å². The topological polar surface area (TPSA) is 119 Å². The smallest absolute Gasteiger partial charge is 0.316 e. The Bertz CT molecular complexity index is 1030. The number of amides is 1. The van der Waals surface area contributed by atoms with Crippen LogP contribution in [-0.2, 0) is 19.6 Å². The second kappa shape index (κ2) is 9.86. The molecule has 1 N–H and O–H groups in total. The largest absolute Gasteiger partial charge is 0.468 e. The van der Waals surface area contributed by atoms with Crippen molar-refractivity contribution in [2.24, 2.45) is 0 Å². The number of nitrogens with zero attached hydrogens (tertiary/aromatic N) is 3. The summed E-state index contributed by atoms with van der Waals surface area (Å²) >= 11 is 2.28. The van der Waals surface area contributed by atoms with Crippen LogP contribution < -0.4 is 5.32 Å². The van der Waals surface area contributed by atoms with Crippen LogP contribution in [0.1, 0.15) is 35.2 Å². The van der Waals surface area contributed by atoms with Crippen molar-refractivity contribution in [1.29, 1.82) is 0 Å². The summed E-state index contributed by atoms with van der Waals surface area (Å²) in [6, 6.07) is 4.56. The molecule has 1 aromatic carbocycles. The Morgan fingerprint density at radius 3 is 2.67 bits per heavy atom. The van der Waals surface area contributed by atoms with E-state index in [4.69, 9.17) is 0 Å². The second-order valence-electron chi connectivity index (χ2n) is 6.63. The Kier molecular flexibility index (Phi) is 7.45. The normalized spacial score (nSPS) is 15.0. The number of benzene rings is 1. The predicted octanol–water partition coefficient (Wildman–Crippen LogP) is 2.54. The Labute approximate surface area is 183 Å². The van der Waals surface area contributed by atoms with Crippen molar-refractivity contribution in [3.05, 3.63) is 29.3 Å². The first kappa shape index (κ1) is 22.7. The summed E-state index contributed by atoms with van der Waals surface area (Å²) in [6.07, 6.45) is 2.70. The minimum Gasteiger partial charge on any atom is -0.468 e. The number of hydrogen-bond donors (Lipinski definition) is 1. The highest BCUT2D eigenvalue weighted by atomic mass is 32.2. The van der Waals surface area contributed by atoms with Crippen molar-refractivity contribution in [2.75, 3.05) is 31.3 Å². The number of carbonyl (C=O) groups excluding carboxylic acids is 2. The van der Waals surface area contributed by atoms with Gasteiger partial charge in [0.2, 0.25) is 15.2 Å². The van der Waals surface area contributed by atoms with E-state index in [0.29, 0.717) is 23.0 Å². The monoisotopic (exact) mass is 470 g/mol. The molecule has 1 aliphatic rings. The number of hydrogen-bond acceptors (Lipinski definition) is 9. The van der Waals surface area contributed by atoms with Gasteiger partial charge in [0, 0.05) is 18.7 Å². The first-order chi connectivity index (χ1) is 14.3. The summed E-state index contributed by atoms with van der Waals surface area (Å²) < 4.78 is 32.4. The molecule has 1 saturated heterocycles. The molecule has 0 spiro atoms. The van der Waals surface area contributed by atoms with Gasteiger partial charge in [-0.15, -0.1) is 10.2 Å². The van der Waals surface area contributed by atoms with E-state index in [-0.39, 0.29) is 27.3 Å². The molecule has 0 bridgehead atoms. The maximum Gasteiger partial charge on any atom is 0.316 e. The number of carbonyl (C=O) groups is 2. The van der Waals surface area contributed by atoms with E-state index >= 15 is 0 Å². The Morgan fingerprint density at radius 2 is 1.97 bits per heavy atom. The summed E-state index contributed by atoms with van der Waals surface area (Å²) in [6.45, 7) is 2.73. The number of ether oxygens (including phenoxy) is 1. The molecule has 162 valence electrons. The van der Waals surface area contributed by atoms with E-state index in [2.05, 4.69) is 20.3 Å². The number of aryl methyl sites for hydroxylation is 1. The van der Waals surface area contributed by atoms with E-state index < -0.39 is 15.9 Å². The molecule has 0 radical (unpaired) electrons. The fourth-order valence-corrected chi connectivity index (χ4v) is 6.05. The molecule has 0 unspecified atom stereocenters. The van der Waals surface area contributed by atoms with Gasteiger partial charge in [-0.3, -0.25) is 14.9 Å². The van der Waals surface area contributed by atoms with Gasteiger partial charge in [0.15, 0.2) is 4.34 Å². The van der Waals surface area contributed by atoms with Crippen LogP contribution in [0.3, 0.4) is 0 Å². The molecule has 1 amide bonds. The Morgan fingerprint density at radius 1 is 1.23 bits per heavy atom. The summed E-state index contributed by atoms with van der Waals surface area (Å²) in [5.41, 5.74) is 0.905. The average Bonchev–Trinajstić information content (AvgIpc) is 3.19. The lowest BCUT2D eigenvalue weighted by Crippen LogP contribution is -2.35. The lowest BCUT2D eigenvalue weighted by atomic mass is 10.1. The molecule has 1 aliphatic heterocycles. The zero-order chi connectivity index (χ0) is 21.7. The first-order valence-electron chi connectivity index (χ1n) is 9.26. The minimum absolute atomic E-state index is 0.0919. The summed E-state index contributed by atoms with van der Waals surface area (Å²) in [5, 5.41) is 10.7. The van der Waals surface area contributed by atoms with Gasteiger partial charge >= 0.3 is 5.97 Å². The van der Waals surface area contributed by atoms with E-state index in [0.717, 1.165) is 42.4 Å². The highest BCUT2D eigenvalue weighted by Gasteiger charge is 2.27. The zero-order valence-corrected chi connectivity index (χ0v) is 19.0. The molecule has 30 heavy (non-hydrogen) atoms. The molecule has 0 saturated carbocycles. The van der Waals surface area contributed by atoms with Crippen molar-refractivity contribution in [1.82, 2.24) is 14.5 Å². The van der Waals surface area contributed by atoms with Gasteiger partial charge in [-0.2, -0.15) is 4.31 Å². The molecular formula is C18H22N4O5S3. The van der Waals surface area contributed by atoms with Gasteiger partial charge in [-0.05, 0) is 37.5 Å². The molecule has 9 nitrogen and oxygen atoms in total. The van der Waals surface area contributed by atoms with Crippen LogP contribution in [0.2, 0.25) is 0 Å². The average molecular weight is 471 g/mol. The molecule has 12 heteroatoms. The standard InChI is InChI=1S/C18H22N4O5S3/c1-12-6-7-13(30(25,26)22-8-4-3-5-9-22)10-14(12)16(24)19-17-20-21-18(29-17)28-11-15(23)27-2/h6-7,10H,3-5,8-9,11H2,1-2H3,(H,19,20,24). The fourth-order valence-electron chi connectivity index (χ4n) is 2.92. The van der Waals surface area contributed by atoms with Crippen LogP contribution in [0.5, 0.6) is 0 Å². The first-order valence-corrected chi connectivity index (χ1v) is 12.5. The van der Waals surface area contributed by atoms with Crippen LogP contribution >= 0.6 is 23.1 Å². The van der Waals surface area contributed by atoms with Gasteiger partial charge in [-0.25, -0.2) is 8.42 Å². The summed E-state index contributed by atoms with van der Waals surface area (Å²) in [4.78, 5) is 24.1. The van der Waals surface area contributed by atoms with Gasteiger partial charge in [0.25, 0.3) is 5.91 Å². The van der Waals surface area contributed by atoms with Crippen LogP contribution in [-0.4, -0.2) is 60.7 Å². The van der Waals surface area contributed by atoms with Crippen molar-refractivity contribution in [3.8, 4) is 0 Å². The van der Waals surface area contributed by atoms with E-state index in [1.807, 2.05) is 0 Å². The lowest BCUT2D eigenvalue weighted by Gasteiger charge is -2.26. The zero-order valence-electron chi connectivity index (χ0n) is 16.6. The van der Waals surface area contributed by atoms with E-state index in [9.17, 15) is 18.0 Å². The molecule has 1 fully saturated rings. The maximum atomic E-state index is 12.9. The second-order valence-corrected chi connectivity index (χ2v) is 10.8. The number of piperidine rings is 1. The summed E-state index contributed by atoms with van der Waals surface area (Å²) in [5.74, 6) is -0.763. The Balaban J connectivity index is 1.74. The third-order valence-corrected chi connectivity index (χ3v) is 8.41. The number of thioether (sulfide) groups is 1. The van der Waals surface area contributed by atoms with E-state index in [1.165, 1.54) is 23.5 Å². The molecule has 2 aromatic rings. The summed E-state index contributed by atoms with van der Waals surface area (Å²) in [7, 11) is -2.34. The van der Waals surface area contributed by atoms with E-state index in [1.54, 1.807) is 13.0 Å². The number of nitrogens with one attached hydrogen (secondary N) is 1. The number of methoxy groups -OCH3 is 1. The van der Waals surface area contributed by atoms with Crippen molar-refractivity contribution in [3.63, 3.8) is 0 Å². The lowest BCUT2D eigenvalue weighted by molar-refractivity contribution is -0.137. The van der Waals surface area contributed by atoms with Gasteiger partial charge in [0.1, 0.15) is 0 Å². The van der Waals surface area contributed by atoms with Crippen molar-refractivity contribution < 1.29 is 22.7 Å². The molecule has 0 atom stereocenters. The highest BCUT2D eigenvalue weighted by Crippen LogP contribution is 2.27. The van der Waals surface area contributed by atoms with Gasteiger partial charge in [0.05, 0.1) is 17.8 Å². The molecule has 3 rings (SSSR count). The fraction of sp³-hybridized carbons (Fsp3) is 0.444. The number of esters is 1. The van der Waals surface area contributed by atoms with Crippen LogP contribution in [0.4, 0.5) is 5.13 Å². The molecule has 2 heterocycles. The predicted molar refractivity (Wildman–Crippen MR) is 114 cm³/mol. The number of anilines is 1. The maximum absolute atomic E-state index is 12.9. The van der Waals surface area contributed by atoms with Crippen LogP contribution in [0.15, 0.2) is 27.4 Å². The third-order valence-electron chi connectivity index (χ3n) is 4.57. The molecular weight excluding hydrogens is 448 g/mol. The van der Waals surface area contributed by atoms with Crippen molar-refractivity contribution in [2.45, 2.75) is 35.4 Å². The van der Waals surface area contributed by atoms with Gasteiger partial charge in [-0.1, -0.05) is 35.6 Å². The number of aromatic nitrogens is 2. The quantitative estimate of drug-likeness (QED) is 0.373. The highest BCUT2D eigenvalue weighted by molar-refractivity contribution is 8.01. The number of sulfonamides is 1. The van der Waals surface area contributed by atoms with Crippen LogP contribution in [0.25, 0.3) is 0 Å². The van der Waals surface area contributed by atoms with Gasteiger partial charge < -0.3 is 4.74 Å². The molecule has 0 aliphatic carbocycles. The molecule has 1 aromatic heterocycles. The SMILES string of the molecule is COC(=O)CSc1nnc(NC(=O)c2cc(S(=O)(=O)N3CCCCC3)ccc2C)s1. The Hall–Kier alpha value is -2.02. The minimum atomic E-state index is -3.64. The number of rotatable bonds is 7.